The van der Waals surface area contributed by atoms with E-state index in [4.69, 9.17) is 0 Å². The van der Waals surface area contributed by atoms with Gasteiger partial charge in [-0.2, -0.15) is 15.3 Å². The zero-order chi connectivity index (χ0) is 35.0. The van der Waals surface area contributed by atoms with E-state index in [-0.39, 0.29) is 44.6 Å². The van der Waals surface area contributed by atoms with E-state index in [0.717, 1.165) is 92.2 Å². The summed E-state index contributed by atoms with van der Waals surface area (Å²) in [6, 6.07) is 0. The van der Waals surface area contributed by atoms with Crippen LogP contribution < -0.4 is 0 Å². The third-order valence-corrected chi connectivity index (χ3v) is 6.75. The standard InChI is InChI=1S/C6H13N3.C5H13N3.C5H9N3.3C5H8N2.6CH4/c1-6-4-8(2)5-9(3)7-6;1-6-4-7(2)8(3)5-6;1-4-6-7-5(2)8(4)3;2*1-4-3-6-5(2)7-4;1-4-3-5(2)7-6-4;;;;;;/h4-5H2,1-3H3;4-5H2,1-3H3;1-3H3;3*3H2,1-2H3;6*1H4. The Balaban J connectivity index is -0.000000120. The van der Waals surface area contributed by atoms with E-state index in [0.29, 0.717) is 0 Å². The van der Waals surface area contributed by atoms with E-state index in [9.17, 15) is 0 Å². The maximum atomic E-state index is 4.24. The van der Waals surface area contributed by atoms with Crippen LogP contribution in [-0.2, 0) is 7.05 Å². The molecular formula is C37H83N15. The second-order valence-electron chi connectivity index (χ2n) is 12.2. The Morgan fingerprint density at radius 2 is 0.846 bits per heavy atom. The third-order valence-electron chi connectivity index (χ3n) is 6.75. The fourth-order valence-corrected chi connectivity index (χ4v) is 4.38. The van der Waals surface area contributed by atoms with E-state index < -0.39 is 0 Å². The van der Waals surface area contributed by atoms with Crippen LogP contribution in [0.15, 0.2) is 35.3 Å². The van der Waals surface area contributed by atoms with E-state index in [1.165, 1.54) is 5.71 Å². The van der Waals surface area contributed by atoms with Crippen molar-refractivity contribution in [1.29, 1.82) is 0 Å². The molecule has 0 saturated carbocycles. The fourth-order valence-electron chi connectivity index (χ4n) is 4.38. The first kappa shape index (κ1) is 60.6. The minimum absolute atomic E-state index is 0. The van der Waals surface area contributed by atoms with Crippen molar-refractivity contribution in [3.8, 4) is 0 Å². The second-order valence-corrected chi connectivity index (χ2v) is 12.2. The molecule has 6 rings (SSSR count). The van der Waals surface area contributed by atoms with Crippen LogP contribution in [-0.4, -0.2) is 155 Å². The molecule has 15 nitrogen and oxygen atoms in total. The fraction of sp³-hybridized carbons (Fsp3) is 0.757. The van der Waals surface area contributed by atoms with Crippen molar-refractivity contribution in [2.75, 3.05) is 74.9 Å². The van der Waals surface area contributed by atoms with Crippen molar-refractivity contribution >= 4 is 40.2 Å². The van der Waals surface area contributed by atoms with E-state index >= 15 is 0 Å². The van der Waals surface area contributed by atoms with Gasteiger partial charge in [0, 0.05) is 69.7 Å². The number of amidine groups is 2. The molecule has 52 heavy (non-hydrogen) atoms. The smallest absolute Gasteiger partial charge is 0.129 e. The maximum Gasteiger partial charge on any atom is 0.129 e. The monoisotopic (exact) mass is 738 g/mol. The zero-order valence-corrected chi connectivity index (χ0v) is 31.2. The van der Waals surface area contributed by atoms with Crippen LogP contribution in [0.2, 0.25) is 0 Å². The summed E-state index contributed by atoms with van der Waals surface area (Å²) in [5.41, 5.74) is 5.68. The quantitative estimate of drug-likeness (QED) is 0.279. The molecule has 306 valence electrons. The molecule has 0 unspecified atom stereocenters. The van der Waals surface area contributed by atoms with Crippen LogP contribution in [0, 0.1) is 13.8 Å². The van der Waals surface area contributed by atoms with Gasteiger partial charge < -0.3 is 4.57 Å². The average Bonchev–Trinajstić information content (AvgIpc) is 3.76. The number of aryl methyl sites for hydroxylation is 2. The predicted octanol–water partition coefficient (Wildman–Crippen LogP) is 7.06. The Morgan fingerprint density at radius 1 is 0.462 bits per heavy atom. The summed E-state index contributed by atoms with van der Waals surface area (Å²) in [6.07, 6.45) is 0.972. The minimum Gasteiger partial charge on any atom is -0.319 e. The van der Waals surface area contributed by atoms with Gasteiger partial charge in [0.05, 0.1) is 33.1 Å². The molecule has 0 radical (unpaired) electrons. The molecule has 1 saturated heterocycles. The number of hydrazone groups is 1. The number of rotatable bonds is 0. The Morgan fingerprint density at radius 3 is 1.00 bits per heavy atom. The Labute approximate surface area is 321 Å². The van der Waals surface area contributed by atoms with Gasteiger partial charge in [0.25, 0.3) is 0 Å². The molecule has 5 aliphatic rings. The van der Waals surface area contributed by atoms with E-state index in [1.54, 1.807) is 0 Å². The first-order valence-electron chi connectivity index (χ1n) is 15.5. The molecule has 0 spiro atoms. The van der Waals surface area contributed by atoms with Crippen LogP contribution in [0.3, 0.4) is 0 Å². The summed E-state index contributed by atoms with van der Waals surface area (Å²) in [6.45, 7) is 23.4. The first-order chi connectivity index (χ1) is 21.5. The van der Waals surface area contributed by atoms with E-state index in [1.807, 2.05) is 86.0 Å². The summed E-state index contributed by atoms with van der Waals surface area (Å²) >= 11 is 0. The molecule has 0 amide bonds. The topological polar surface area (TPSA) is 133 Å². The number of aliphatic imine (C=N–C) groups is 4. The van der Waals surface area contributed by atoms with Crippen LogP contribution in [0.4, 0.5) is 0 Å². The van der Waals surface area contributed by atoms with Gasteiger partial charge in [-0.3, -0.25) is 24.8 Å². The number of hydrazine groups is 1. The van der Waals surface area contributed by atoms with Crippen molar-refractivity contribution in [1.82, 2.24) is 39.6 Å². The zero-order valence-electron chi connectivity index (χ0n) is 31.2. The van der Waals surface area contributed by atoms with Gasteiger partial charge in [0.1, 0.15) is 23.3 Å². The minimum atomic E-state index is 0. The van der Waals surface area contributed by atoms with Gasteiger partial charge in [-0.1, -0.05) is 44.6 Å². The SMILES string of the molecule is C.C.C.C.C.C.CC1=NC(C)=NC1.CC1=NC(C)=NC1.CC1=NN(C)CN(C)C1.CC1=NN=C(C)C1.CN1CN(C)N(C)C1.Cc1nnc(C)n1C. The summed E-state index contributed by atoms with van der Waals surface area (Å²) < 4.78 is 1.94. The average molecular weight is 738 g/mol. The van der Waals surface area contributed by atoms with Crippen LogP contribution >= 0.6 is 0 Å². The van der Waals surface area contributed by atoms with Crippen molar-refractivity contribution in [2.24, 2.45) is 42.3 Å². The van der Waals surface area contributed by atoms with Crippen molar-refractivity contribution in [3.05, 3.63) is 11.6 Å². The molecule has 1 fully saturated rings. The first-order valence-corrected chi connectivity index (χ1v) is 15.5. The molecule has 15 heteroatoms. The van der Waals surface area contributed by atoms with Crippen molar-refractivity contribution in [2.45, 2.75) is 113 Å². The second kappa shape index (κ2) is 31.0. The molecule has 0 aromatic carbocycles. The molecule has 0 atom stereocenters. The highest BCUT2D eigenvalue weighted by molar-refractivity contribution is 6.05. The molecule has 6 heterocycles. The Bertz CT molecular complexity index is 1240. The summed E-state index contributed by atoms with van der Waals surface area (Å²) in [4.78, 5) is 20.6. The van der Waals surface area contributed by atoms with Gasteiger partial charge in [-0.25, -0.2) is 20.0 Å². The predicted molar refractivity (Wildman–Crippen MR) is 235 cm³/mol. The van der Waals surface area contributed by atoms with Crippen LogP contribution in [0.5, 0.6) is 0 Å². The molecule has 0 N–H and O–H groups in total. The largest absolute Gasteiger partial charge is 0.319 e. The van der Waals surface area contributed by atoms with Crippen molar-refractivity contribution in [3.63, 3.8) is 0 Å². The molecule has 5 aliphatic heterocycles. The number of nitrogens with zero attached hydrogens (tertiary/aromatic N) is 15. The van der Waals surface area contributed by atoms with Gasteiger partial charge in [0.2, 0.25) is 0 Å². The van der Waals surface area contributed by atoms with Gasteiger partial charge in [0.15, 0.2) is 0 Å². The normalized spacial score (nSPS) is 17.3. The maximum absolute atomic E-state index is 4.24. The van der Waals surface area contributed by atoms with Gasteiger partial charge >= 0.3 is 0 Å². The highest BCUT2D eigenvalue weighted by Crippen LogP contribution is 2.02. The molecule has 1 aromatic heterocycles. The number of aromatic nitrogens is 3. The Kier molecular flexibility index (Phi) is 36.1. The summed E-state index contributed by atoms with van der Waals surface area (Å²) in [7, 11) is 12.3. The van der Waals surface area contributed by atoms with Gasteiger partial charge in [-0.15, -0.1) is 10.2 Å². The third kappa shape index (κ3) is 26.3. The number of hydrogen-bond donors (Lipinski definition) is 0. The molecule has 0 bridgehead atoms. The summed E-state index contributed by atoms with van der Waals surface area (Å²) in [5, 5.41) is 25.8. The van der Waals surface area contributed by atoms with Crippen LogP contribution in [0.1, 0.15) is 111 Å². The molecule has 1 aromatic rings. The lowest BCUT2D eigenvalue weighted by atomic mass is 10.2. The lowest BCUT2D eigenvalue weighted by Crippen LogP contribution is -2.38. The summed E-state index contributed by atoms with van der Waals surface area (Å²) in [5.74, 6) is 3.75. The Hall–Kier alpha value is -3.53. The van der Waals surface area contributed by atoms with E-state index in [2.05, 4.69) is 93.5 Å². The highest BCUT2D eigenvalue weighted by Gasteiger charge is 2.16. The van der Waals surface area contributed by atoms with Crippen LogP contribution in [0.25, 0.3) is 0 Å². The van der Waals surface area contributed by atoms with Gasteiger partial charge in [-0.05, 0) is 76.4 Å². The highest BCUT2D eigenvalue weighted by atomic mass is 15.7. The lowest BCUT2D eigenvalue weighted by molar-refractivity contribution is 0.0894. The molecular weight excluding hydrogens is 655 g/mol. The molecule has 0 aliphatic carbocycles. The van der Waals surface area contributed by atoms with Crippen molar-refractivity contribution < 1.29 is 0 Å². The lowest BCUT2D eigenvalue weighted by Gasteiger charge is -2.27. The number of hydrogen-bond acceptors (Lipinski definition) is 14.